The number of halogens is 3. The van der Waals surface area contributed by atoms with E-state index in [4.69, 9.17) is 0 Å². The van der Waals surface area contributed by atoms with E-state index in [1.807, 2.05) is 0 Å². The lowest BCUT2D eigenvalue weighted by atomic mass is 10.0. The maximum absolute atomic E-state index is 12.8. The summed E-state index contributed by atoms with van der Waals surface area (Å²) in [6.07, 6.45) is 0.381. The smallest absolute Gasteiger partial charge is 0.194 e. The minimum Gasteiger partial charge on any atom is -0.378 e. The zero-order chi connectivity index (χ0) is 12.3. The Hall–Kier alpha value is -1.47. The molecule has 0 saturated carbocycles. The molecule has 0 saturated heterocycles. The van der Waals surface area contributed by atoms with E-state index in [1.54, 1.807) is 6.92 Å². The van der Waals surface area contributed by atoms with E-state index in [0.717, 1.165) is 12.1 Å². The van der Waals surface area contributed by atoms with E-state index in [-0.39, 0.29) is 5.56 Å². The monoisotopic (exact) mass is 228 g/mol. The average Bonchev–Trinajstić information content (AvgIpc) is 2.23. The van der Waals surface area contributed by atoms with Gasteiger partial charge in [-0.05, 0) is 25.5 Å². The Morgan fingerprint density at radius 2 is 1.75 bits per heavy atom. The third kappa shape index (κ3) is 3.01. The van der Waals surface area contributed by atoms with Crippen molar-refractivity contribution in [3.63, 3.8) is 0 Å². The fourth-order valence-electron chi connectivity index (χ4n) is 0.923. The van der Waals surface area contributed by atoms with Gasteiger partial charge in [0.25, 0.3) is 0 Å². The molecule has 1 atom stereocenters. The molecular formula is C12H11F3O. The molecule has 1 nitrogen and oxygen atoms in total. The quantitative estimate of drug-likeness (QED) is 0.578. The van der Waals surface area contributed by atoms with Crippen LogP contribution >= 0.6 is 0 Å². The van der Waals surface area contributed by atoms with Crippen LogP contribution in [0.15, 0.2) is 12.1 Å². The van der Waals surface area contributed by atoms with E-state index < -0.39 is 23.1 Å². The molecule has 86 valence electrons. The first kappa shape index (κ1) is 12.6. The Labute approximate surface area is 91.9 Å². The van der Waals surface area contributed by atoms with Crippen LogP contribution in [0.1, 0.15) is 25.8 Å². The van der Waals surface area contributed by atoms with Gasteiger partial charge in [-0.1, -0.05) is 18.8 Å². The van der Waals surface area contributed by atoms with E-state index in [0.29, 0.717) is 6.42 Å². The predicted molar refractivity (Wildman–Crippen MR) is 54.1 cm³/mol. The van der Waals surface area contributed by atoms with E-state index in [1.165, 1.54) is 6.92 Å². The van der Waals surface area contributed by atoms with Crippen molar-refractivity contribution >= 4 is 0 Å². The van der Waals surface area contributed by atoms with Gasteiger partial charge in [0.15, 0.2) is 17.5 Å². The molecule has 0 aliphatic rings. The summed E-state index contributed by atoms with van der Waals surface area (Å²) in [6, 6.07) is 1.58. The summed E-state index contributed by atoms with van der Waals surface area (Å²) in [5, 5.41) is 9.54. The molecule has 1 aromatic rings. The van der Waals surface area contributed by atoms with E-state index in [9.17, 15) is 18.3 Å². The SMILES string of the molecule is CCC(C)(O)C#Cc1cc(F)c(F)c(F)c1. The summed E-state index contributed by atoms with van der Waals surface area (Å²) in [5.74, 6) is 0.744. The molecule has 1 aromatic carbocycles. The zero-order valence-corrected chi connectivity index (χ0v) is 8.94. The normalized spacial score (nSPS) is 13.9. The van der Waals surface area contributed by atoms with Gasteiger partial charge in [-0.3, -0.25) is 0 Å². The highest BCUT2D eigenvalue weighted by Crippen LogP contribution is 2.13. The predicted octanol–water partition coefficient (Wildman–Crippen LogP) is 2.62. The second-order valence-corrected chi connectivity index (χ2v) is 3.63. The maximum atomic E-state index is 12.8. The van der Waals surface area contributed by atoms with Gasteiger partial charge in [-0.15, -0.1) is 0 Å². The Bertz CT molecular complexity index is 432. The molecule has 0 aliphatic heterocycles. The van der Waals surface area contributed by atoms with Gasteiger partial charge in [-0.25, -0.2) is 13.2 Å². The van der Waals surface area contributed by atoms with Gasteiger partial charge >= 0.3 is 0 Å². The van der Waals surface area contributed by atoms with Gasteiger partial charge in [0.1, 0.15) is 5.60 Å². The standard InChI is InChI=1S/C12H11F3O/c1-3-12(2,16)5-4-8-6-9(13)11(15)10(14)7-8/h6-7,16H,3H2,1-2H3. The lowest BCUT2D eigenvalue weighted by Crippen LogP contribution is -2.19. The molecule has 16 heavy (non-hydrogen) atoms. The van der Waals surface area contributed by atoms with Gasteiger partial charge in [0.2, 0.25) is 0 Å². The molecule has 1 rings (SSSR count). The minimum absolute atomic E-state index is 0.00914. The van der Waals surface area contributed by atoms with Crippen LogP contribution in [0, 0.1) is 29.3 Å². The van der Waals surface area contributed by atoms with Gasteiger partial charge in [-0.2, -0.15) is 0 Å². The van der Waals surface area contributed by atoms with Crippen LogP contribution in [0.2, 0.25) is 0 Å². The molecular weight excluding hydrogens is 217 g/mol. The molecule has 0 heterocycles. The molecule has 4 heteroatoms. The van der Waals surface area contributed by atoms with Crippen LogP contribution in [0.25, 0.3) is 0 Å². The molecule has 0 bridgehead atoms. The fraction of sp³-hybridized carbons (Fsp3) is 0.333. The molecule has 1 N–H and O–H groups in total. The van der Waals surface area contributed by atoms with Crippen LogP contribution in [0.5, 0.6) is 0 Å². The fourth-order valence-corrected chi connectivity index (χ4v) is 0.923. The summed E-state index contributed by atoms with van der Waals surface area (Å²) in [5.41, 5.74) is -1.23. The lowest BCUT2D eigenvalue weighted by molar-refractivity contribution is 0.118. The highest BCUT2D eigenvalue weighted by Gasteiger charge is 2.13. The largest absolute Gasteiger partial charge is 0.378 e. The van der Waals surface area contributed by atoms with Crippen LogP contribution < -0.4 is 0 Å². The molecule has 0 fully saturated rings. The van der Waals surface area contributed by atoms with Crippen molar-refractivity contribution in [1.29, 1.82) is 0 Å². The van der Waals surface area contributed by atoms with Gasteiger partial charge < -0.3 is 5.11 Å². The van der Waals surface area contributed by atoms with E-state index in [2.05, 4.69) is 11.8 Å². The van der Waals surface area contributed by atoms with E-state index >= 15 is 0 Å². The second-order valence-electron chi connectivity index (χ2n) is 3.63. The van der Waals surface area contributed by atoms with Crippen molar-refractivity contribution in [3.05, 3.63) is 35.1 Å². The highest BCUT2D eigenvalue weighted by molar-refractivity contribution is 5.37. The molecule has 0 aromatic heterocycles. The van der Waals surface area contributed by atoms with Crippen molar-refractivity contribution in [1.82, 2.24) is 0 Å². The Morgan fingerprint density at radius 3 is 2.19 bits per heavy atom. The first-order valence-corrected chi connectivity index (χ1v) is 4.76. The summed E-state index contributed by atoms with van der Waals surface area (Å²) < 4.78 is 38.2. The van der Waals surface area contributed by atoms with Crippen molar-refractivity contribution in [3.8, 4) is 11.8 Å². The van der Waals surface area contributed by atoms with Crippen LogP contribution in [-0.4, -0.2) is 10.7 Å². The lowest BCUT2D eigenvalue weighted by Gasteiger charge is -2.11. The Kier molecular flexibility index (Phi) is 3.61. The van der Waals surface area contributed by atoms with Crippen molar-refractivity contribution in [2.24, 2.45) is 0 Å². The van der Waals surface area contributed by atoms with Crippen LogP contribution in [-0.2, 0) is 0 Å². The number of aliphatic hydroxyl groups is 1. The maximum Gasteiger partial charge on any atom is 0.194 e. The molecule has 1 unspecified atom stereocenters. The topological polar surface area (TPSA) is 20.2 Å². The van der Waals surface area contributed by atoms with Gasteiger partial charge in [0, 0.05) is 5.56 Å². The van der Waals surface area contributed by atoms with Crippen molar-refractivity contribution in [2.75, 3.05) is 0 Å². The zero-order valence-electron chi connectivity index (χ0n) is 8.94. The Morgan fingerprint density at radius 1 is 1.25 bits per heavy atom. The third-order valence-electron chi connectivity index (χ3n) is 2.15. The summed E-state index contributed by atoms with van der Waals surface area (Å²) in [4.78, 5) is 0. The number of rotatable bonds is 1. The van der Waals surface area contributed by atoms with Crippen LogP contribution in [0.4, 0.5) is 13.2 Å². The number of hydrogen-bond acceptors (Lipinski definition) is 1. The highest BCUT2D eigenvalue weighted by atomic mass is 19.2. The summed E-state index contributed by atoms with van der Waals surface area (Å²) in [6.45, 7) is 3.21. The molecule has 0 aliphatic carbocycles. The number of benzene rings is 1. The van der Waals surface area contributed by atoms with Crippen molar-refractivity contribution in [2.45, 2.75) is 25.9 Å². The number of hydrogen-bond donors (Lipinski definition) is 1. The summed E-state index contributed by atoms with van der Waals surface area (Å²) >= 11 is 0. The first-order valence-electron chi connectivity index (χ1n) is 4.76. The minimum atomic E-state index is -1.52. The first-order chi connectivity index (χ1) is 7.35. The molecule has 0 amide bonds. The second kappa shape index (κ2) is 4.58. The molecule has 0 spiro atoms. The Balaban J connectivity index is 3.08. The summed E-state index contributed by atoms with van der Waals surface area (Å²) in [7, 11) is 0. The third-order valence-corrected chi connectivity index (χ3v) is 2.15. The van der Waals surface area contributed by atoms with Gasteiger partial charge in [0.05, 0.1) is 0 Å². The van der Waals surface area contributed by atoms with Crippen LogP contribution in [0.3, 0.4) is 0 Å². The van der Waals surface area contributed by atoms with Crippen molar-refractivity contribution < 1.29 is 18.3 Å². The average molecular weight is 228 g/mol. The molecule has 0 radical (unpaired) electrons.